The molecule has 0 fully saturated rings. The van der Waals surface area contributed by atoms with Crippen molar-refractivity contribution in [3.8, 4) is 0 Å². The Morgan fingerprint density at radius 1 is 1.70 bits per heavy atom. The number of rotatable bonds is 1. The van der Waals surface area contributed by atoms with Crippen LogP contribution in [0.3, 0.4) is 0 Å². The van der Waals surface area contributed by atoms with Gasteiger partial charge in [0.15, 0.2) is 0 Å². The van der Waals surface area contributed by atoms with E-state index in [1.165, 1.54) is 0 Å². The molecular weight excluding hydrogens is 146 g/mol. The molecule has 0 amide bonds. The van der Waals surface area contributed by atoms with Crippen molar-refractivity contribution in [1.29, 1.82) is 0 Å². The van der Waals surface area contributed by atoms with Gasteiger partial charge in [-0.1, -0.05) is 12.2 Å². The van der Waals surface area contributed by atoms with Crippen LogP contribution in [-0.2, 0) is 0 Å². The Bertz CT molecular complexity index is 259. The molecule has 0 atom stereocenters. The van der Waals surface area contributed by atoms with Crippen molar-refractivity contribution < 1.29 is 0 Å². The highest BCUT2D eigenvalue weighted by atomic mass is 32.1. The lowest BCUT2D eigenvalue weighted by Crippen LogP contribution is -2.12. The highest BCUT2D eigenvalue weighted by Gasteiger charge is 1.95. The Balaban J connectivity index is 3.07. The summed E-state index contributed by atoms with van der Waals surface area (Å²) < 4.78 is 0. The molecule has 0 radical (unpaired) electrons. The lowest BCUT2D eigenvalue weighted by Gasteiger charge is -1.95. The van der Waals surface area contributed by atoms with Crippen molar-refractivity contribution in [2.24, 2.45) is 5.73 Å². The van der Waals surface area contributed by atoms with Crippen molar-refractivity contribution in [1.82, 2.24) is 9.97 Å². The van der Waals surface area contributed by atoms with E-state index in [1.54, 1.807) is 19.2 Å². The van der Waals surface area contributed by atoms with E-state index in [0.29, 0.717) is 16.5 Å². The largest absolute Gasteiger partial charge is 0.388 e. The monoisotopic (exact) mass is 153 g/mol. The fourth-order valence-corrected chi connectivity index (χ4v) is 0.707. The maximum absolute atomic E-state index is 5.32. The molecule has 0 aliphatic heterocycles. The summed E-state index contributed by atoms with van der Waals surface area (Å²) in [6, 6.07) is 1.69. The molecule has 0 unspecified atom stereocenters. The highest BCUT2D eigenvalue weighted by Crippen LogP contribution is 1.92. The van der Waals surface area contributed by atoms with Crippen LogP contribution in [-0.4, -0.2) is 15.0 Å². The topological polar surface area (TPSA) is 51.8 Å². The van der Waals surface area contributed by atoms with Gasteiger partial charge in [0, 0.05) is 6.20 Å². The van der Waals surface area contributed by atoms with Crippen LogP contribution in [0, 0.1) is 6.92 Å². The minimum absolute atomic E-state index is 0.311. The normalized spacial score (nSPS) is 9.30. The number of hydrogen-bond acceptors (Lipinski definition) is 3. The van der Waals surface area contributed by atoms with Crippen molar-refractivity contribution in [3.05, 3.63) is 23.8 Å². The number of thiocarbonyl (C=S) groups is 1. The molecule has 0 saturated heterocycles. The third-order valence-electron chi connectivity index (χ3n) is 1.03. The highest BCUT2D eigenvalue weighted by molar-refractivity contribution is 7.80. The van der Waals surface area contributed by atoms with Gasteiger partial charge in [-0.05, 0) is 13.0 Å². The van der Waals surface area contributed by atoms with Gasteiger partial charge in [0.25, 0.3) is 0 Å². The molecule has 2 N–H and O–H groups in total. The molecule has 0 aromatic carbocycles. The van der Waals surface area contributed by atoms with Crippen LogP contribution >= 0.6 is 12.2 Å². The molecule has 3 nitrogen and oxygen atoms in total. The smallest absolute Gasteiger partial charge is 0.125 e. The molecule has 1 heterocycles. The Morgan fingerprint density at radius 2 is 2.40 bits per heavy atom. The summed E-state index contributed by atoms with van der Waals surface area (Å²) in [6.07, 6.45) is 1.64. The Labute approximate surface area is 64.3 Å². The SMILES string of the molecule is Cc1nccc(C(N)=S)n1. The van der Waals surface area contributed by atoms with E-state index in [0.717, 1.165) is 0 Å². The van der Waals surface area contributed by atoms with E-state index in [1.807, 2.05) is 0 Å². The quantitative estimate of drug-likeness (QED) is 0.594. The standard InChI is InChI=1S/C6H7N3S/c1-4-8-3-2-5(9-4)6(7)10/h2-3H,1H3,(H2,7,10). The molecule has 0 bridgehead atoms. The number of aromatic nitrogens is 2. The molecule has 0 aliphatic rings. The van der Waals surface area contributed by atoms with Gasteiger partial charge in [0.05, 0.1) is 0 Å². The summed E-state index contributed by atoms with van der Waals surface area (Å²) >= 11 is 4.71. The van der Waals surface area contributed by atoms with Crippen molar-refractivity contribution in [2.45, 2.75) is 6.92 Å². The zero-order chi connectivity index (χ0) is 7.56. The van der Waals surface area contributed by atoms with E-state index >= 15 is 0 Å². The van der Waals surface area contributed by atoms with E-state index < -0.39 is 0 Å². The number of hydrogen-bond donors (Lipinski definition) is 1. The van der Waals surface area contributed by atoms with Crippen LogP contribution < -0.4 is 5.73 Å². The summed E-state index contributed by atoms with van der Waals surface area (Å²) in [6.45, 7) is 1.79. The Morgan fingerprint density at radius 3 is 2.80 bits per heavy atom. The maximum Gasteiger partial charge on any atom is 0.125 e. The number of nitrogens with two attached hydrogens (primary N) is 1. The third-order valence-corrected chi connectivity index (χ3v) is 1.24. The van der Waals surface area contributed by atoms with Gasteiger partial charge >= 0.3 is 0 Å². The minimum Gasteiger partial charge on any atom is -0.388 e. The summed E-state index contributed by atoms with van der Waals surface area (Å²) in [5.74, 6) is 0.685. The van der Waals surface area contributed by atoms with Crippen LogP contribution in [0.1, 0.15) is 11.5 Å². The maximum atomic E-state index is 5.32. The lowest BCUT2D eigenvalue weighted by atomic mass is 10.4. The predicted octanol–water partition coefficient (Wildman–Crippen LogP) is 0.419. The molecule has 0 saturated carbocycles. The first-order valence-electron chi connectivity index (χ1n) is 2.79. The zero-order valence-corrected chi connectivity index (χ0v) is 6.35. The van der Waals surface area contributed by atoms with Crippen LogP contribution in [0.15, 0.2) is 12.3 Å². The summed E-state index contributed by atoms with van der Waals surface area (Å²) in [5, 5.41) is 0. The molecular formula is C6H7N3S. The van der Waals surface area contributed by atoms with E-state index in [2.05, 4.69) is 9.97 Å². The second kappa shape index (κ2) is 2.70. The average molecular weight is 153 g/mol. The molecule has 0 aliphatic carbocycles. The molecule has 10 heavy (non-hydrogen) atoms. The third kappa shape index (κ3) is 1.48. The van der Waals surface area contributed by atoms with Gasteiger partial charge in [0.1, 0.15) is 16.5 Å². The van der Waals surface area contributed by atoms with E-state index in [4.69, 9.17) is 18.0 Å². The zero-order valence-electron chi connectivity index (χ0n) is 5.53. The van der Waals surface area contributed by atoms with Gasteiger partial charge in [-0.2, -0.15) is 0 Å². The van der Waals surface area contributed by atoms with Crippen molar-refractivity contribution in [3.63, 3.8) is 0 Å². The van der Waals surface area contributed by atoms with E-state index in [-0.39, 0.29) is 0 Å². The number of nitrogens with zero attached hydrogens (tertiary/aromatic N) is 2. The first-order chi connectivity index (χ1) is 4.70. The molecule has 4 heteroatoms. The van der Waals surface area contributed by atoms with Gasteiger partial charge in [-0.15, -0.1) is 0 Å². The second-order valence-corrected chi connectivity index (χ2v) is 2.29. The number of aryl methyl sites for hydroxylation is 1. The predicted molar refractivity (Wildman–Crippen MR) is 42.7 cm³/mol. The van der Waals surface area contributed by atoms with Crippen LogP contribution in [0.4, 0.5) is 0 Å². The first kappa shape index (κ1) is 7.08. The Kier molecular flexibility index (Phi) is 1.91. The molecule has 1 aromatic heterocycles. The van der Waals surface area contributed by atoms with Gasteiger partial charge in [-0.3, -0.25) is 0 Å². The van der Waals surface area contributed by atoms with Gasteiger partial charge in [-0.25, -0.2) is 9.97 Å². The summed E-state index contributed by atoms with van der Waals surface area (Å²) in [5.41, 5.74) is 5.95. The lowest BCUT2D eigenvalue weighted by molar-refractivity contribution is 1.04. The van der Waals surface area contributed by atoms with E-state index in [9.17, 15) is 0 Å². The summed E-state index contributed by atoms with van der Waals surface area (Å²) in [7, 11) is 0. The molecule has 52 valence electrons. The Hall–Kier alpha value is -1.03. The first-order valence-corrected chi connectivity index (χ1v) is 3.20. The van der Waals surface area contributed by atoms with Gasteiger partial charge < -0.3 is 5.73 Å². The second-order valence-electron chi connectivity index (χ2n) is 1.85. The fraction of sp³-hybridized carbons (Fsp3) is 0.167. The van der Waals surface area contributed by atoms with Crippen LogP contribution in [0.5, 0.6) is 0 Å². The van der Waals surface area contributed by atoms with Crippen molar-refractivity contribution in [2.75, 3.05) is 0 Å². The fourth-order valence-electron chi connectivity index (χ4n) is 0.593. The molecule has 1 aromatic rings. The van der Waals surface area contributed by atoms with Crippen molar-refractivity contribution >= 4 is 17.2 Å². The summed E-state index contributed by atoms with van der Waals surface area (Å²) in [4.78, 5) is 8.20. The average Bonchev–Trinajstić information content (AvgIpc) is 1.88. The van der Waals surface area contributed by atoms with Crippen LogP contribution in [0.2, 0.25) is 0 Å². The van der Waals surface area contributed by atoms with Gasteiger partial charge in [0.2, 0.25) is 0 Å². The molecule has 0 spiro atoms. The molecule has 1 rings (SSSR count). The minimum atomic E-state index is 0.311. The van der Waals surface area contributed by atoms with Crippen LogP contribution in [0.25, 0.3) is 0 Å².